The van der Waals surface area contributed by atoms with Crippen molar-refractivity contribution in [2.45, 2.75) is 148 Å². The topological polar surface area (TPSA) is 200 Å². The molecule has 0 aliphatic heterocycles. The number of hydrogen-bond acceptors (Lipinski definition) is 9. The summed E-state index contributed by atoms with van der Waals surface area (Å²) in [6.07, 6.45) is 22.9. The van der Waals surface area contributed by atoms with Crippen molar-refractivity contribution < 1.29 is 43.2 Å². The SMILES string of the molecule is CCCCN=C(N)COCCOCCNC(=O)COCCOCCNC(=O)CCCNC(=O)CCCCCCCCCCCCCCCCCCC(=O)O. The van der Waals surface area contributed by atoms with Crippen LogP contribution < -0.4 is 21.7 Å². The van der Waals surface area contributed by atoms with Crippen LogP contribution in [0.4, 0.5) is 0 Å². The monoisotopic (exact) mass is 772 g/mol. The molecule has 0 heterocycles. The smallest absolute Gasteiger partial charge is 0.303 e. The number of nitrogens with zero attached hydrogens (tertiary/aromatic N) is 1. The third-order valence-corrected chi connectivity index (χ3v) is 8.64. The summed E-state index contributed by atoms with van der Waals surface area (Å²) in [4.78, 5) is 50.6. The Balaban J connectivity index is 3.36. The minimum absolute atomic E-state index is 0.0543. The molecule has 0 spiro atoms. The number of hydrogen-bond donors (Lipinski definition) is 5. The van der Waals surface area contributed by atoms with Crippen molar-refractivity contribution >= 4 is 29.5 Å². The third-order valence-electron chi connectivity index (χ3n) is 8.64. The molecule has 316 valence electrons. The van der Waals surface area contributed by atoms with Crippen LogP contribution in [-0.4, -0.2) is 114 Å². The summed E-state index contributed by atoms with van der Waals surface area (Å²) in [5.41, 5.74) is 5.76. The molecule has 14 nitrogen and oxygen atoms in total. The number of carbonyl (C=O) groups is 4. The molecule has 0 aromatic carbocycles. The Morgan fingerprint density at radius 1 is 0.481 bits per heavy atom. The lowest BCUT2D eigenvalue weighted by molar-refractivity contribution is -0.137. The van der Waals surface area contributed by atoms with E-state index in [4.69, 9.17) is 29.8 Å². The fourth-order valence-corrected chi connectivity index (χ4v) is 5.47. The average Bonchev–Trinajstić information content (AvgIpc) is 3.15. The van der Waals surface area contributed by atoms with Crippen LogP contribution in [0.3, 0.4) is 0 Å². The van der Waals surface area contributed by atoms with E-state index >= 15 is 0 Å². The van der Waals surface area contributed by atoms with Crippen LogP contribution in [0, 0.1) is 0 Å². The highest BCUT2D eigenvalue weighted by Crippen LogP contribution is 2.14. The van der Waals surface area contributed by atoms with Crippen molar-refractivity contribution in [3.63, 3.8) is 0 Å². The van der Waals surface area contributed by atoms with Gasteiger partial charge in [-0.25, -0.2) is 0 Å². The molecule has 0 fully saturated rings. The zero-order valence-electron chi connectivity index (χ0n) is 33.8. The molecule has 0 radical (unpaired) electrons. The minimum atomic E-state index is -0.685. The molecular weight excluding hydrogens is 694 g/mol. The number of nitrogens with one attached hydrogen (secondary N) is 3. The number of nitrogens with two attached hydrogens (primary N) is 1. The van der Waals surface area contributed by atoms with Gasteiger partial charge in [-0.3, -0.25) is 24.2 Å². The highest BCUT2D eigenvalue weighted by molar-refractivity contribution is 5.81. The second-order valence-electron chi connectivity index (χ2n) is 13.8. The van der Waals surface area contributed by atoms with Crippen LogP contribution in [0.5, 0.6) is 0 Å². The molecule has 6 N–H and O–H groups in total. The molecule has 0 atom stereocenters. The van der Waals surface area contributed by atoms with E-state index in [1.54, 1.807) is 0 Å². The maximum atomic E-state index is 12.1. The van der Waals surface area contributed by atoms with Crippen molar-refractivity contribution in [1.29, 1.82) is 0 Å². The number of carboxylic acids is 1. The summed E-state index contributed by atoms with van der Waals surface area (Å²) in [6.45, 7) is 6.39. The molecule has 54 heavy (non-hydrogen) atoms. The van der Waals surface area contributed by atoms with Crippen LogP contribution in [0.2, 0.25) is 0 Å². The van der Waals surface area contributed by atoms with Gasteiger partial charge >= 0.3 is 5.97 Å². The van der Waals surface area contributed by atoms with E-state index < -0.39 is 5.97 Å². The first kappa shape index (κ1) is 51.2. The van der Waals surface area contributed by atoms with Crippen LogP contribution in [0.15, 0.2) is 4.99 Å². The van der Waals surface area contributed by atoms with Crippen molar-refractivity contribution in [3.8, 4) is 0 Å². The van der Waals surface area contributed by atoms with Crippen LogP contribution in [0.25, 0.3) is 0 Å². The Hall–Kier alpha value is -2.81. The number of ether oxygens (including phenoxy) is 4. The maximum absolute atomic E-state index is 12.1. The van der Waals surface area contributed by atoms with Gasteiger partial charge in [0, 0.05) is 45.4 Å². The number of aliphatic imine (C=N–C) groups is 1. The van der Waals surface area contributed by atoms with Gasteiger partial charge in [0.25, 0.3) is 0 Å². The van der Waals surface area contributed by atoms with E-state index in [2.05, 4.69) is 27.9 Å². The zero-order valence-corrected chi connectivity index (χ0v) is 33.8. The number of unbranched alkanes of at least 4 members (excludes halogenated alkanes) is 16. The second kappa shape index (κ2) is 41.4. The number of amidine groups is 1. The van der Waals surface area contributed by atoms with Gasteiger partial charge in [0.2, 0.25) is 17.7 Å². The van der Waals surface area contributed by atoms with Crippen molar-refractivity contribution in [2.75, 3.05) is 79.0 Å². The van der Waals surface area contributed by atoms with E-state index in [1.807, 2.05) is 0 Å². The van der Waals surface area contributed by atoms with Gasteiger partial charge in [0.05, 0.1) is 39.6 Å². The molecule has 14 heteroatoms. The van der Waals surface area contributed by atoms with E-state index in [9.17, 15) is 19.2 Å². The Labute approximate surface area is 326 Å². The first-order chi connectivity index (χ1) is 26.3. The average molecular weight is 772 g/mol. The lowest BCUT2D eigenvalue weighted by Gasteiger charge is -2.09. The summed E-state index contributed by atoms with van der Waals surface area (Å²) in [5, 5.41) is 17.1. The summed E-state index contributed by atoms with van der Waals surface area (Å²) in [7, 11) is 0. The fraction of sp³-hybridized carbons (Fsp3) is 0.875. The molecule has 0 aliphatic rings. The summed E-state index contributed by atoms with van der Waals surface area (Å²) >= 11 is 0. The highest BCUT2D eigenvalue weighted by atomic mass is 16.5. The molecule has 0 saturated carbocycles. The standard InChI is InChI=1S/C40H77N5O9/c1-2-3-24-42-36(41)34-53-32-30-52-29-27-45-39(48)35-54-33-31-51-28-26-44-38(47)22-20-25-43-37(46)21-18-16-14-12-10-8-6-4-5-7-9-11-13-15-17-19-23-40(49)50/h2-35H2,1H3,(H2,41,42)(H,43,46)(H,44,47)(H,45,48)(H,49,50). The normalized spacial score (nSPS) is 11.5. The summed E-state index contributed by atoms with van der Waals surface area (Å²) < 4.78 is 21.5. The van der Waals surface area contributed by atoms with Crippen molar-refractivity contribution in [2.24, 2.45) is 10.7 Å². The van der Waals surface area contributed by atoms with Gasteiger partial charge in [-0.1, -0.05) is 103 Å². The third kappa shape index (κ3) is 41.9. The van der Waals surface area contributed by atoms with Gasteiger partial charge in [-0.2, -0.15) is 0 Å². The molecule has 0 unspecified atom stereocenters. The zero-order chi connectivity index (χ0) is 39.6. The van der Waals surface area contributed by atoms with Gasteiger partial charge in [-0.05, 0) is 25.7 Å². The van der Waals surface area contributed by atoms with Gasteiger partial charge < -0.3 is 45.7 Å². The predicted molar refractivity (Wildman–Crippen MR) is 214 cm³/mol. The van der Waals surface area contributed by atoms with Crippen molar-refractivity contribution in [3.05, 3.63) is 0 Å². The number of rotatable bonds is 42. The van der Waals surface area contributed by atoms with Gasteiger partial charge in [0.15, 0.2) is 0 Å². The number of carbonyl (C=O) groups excluding carboxylic acids is 3. The molecule has 0 aliphatic carbocycles. The molecule has 0 aromatic heterocycles. The molecule has 0 aromatic rings. The molecule has 0 rings (SSSR count). The highest BCUT2D eigenvalue weighted by Gasteiger charge is 2.05. The van der Waals surface area contributed by atoms with E-state index in [-0.39, 0.29) is 37.5 Å². The largest absolute Gasteiger partial charge is 0.481 e. The fourth-order valence-electron chi connectivity index (χ4n) is 5.47. The van der Waals surface area contributed by atoms with Crippen molar-refractivity contribution in [1.82, 2.24) is 16.0 Å². The van der Waals surface area contributed by atoms with Crippen LogP contribution in [-0.2, 0) is 38.1 Å². The van der Waals surface area contributed by atoms with E-state index in [0.29, 0.717) is 84.2 Å². The maximum Gasteiger partial charge on any atom is 0.303 e. The lowest BCUT2D eigenvalue weighted by atomic mass is 10.0. The first-order valence-electron chi connectivity index (χ1n) is 21.0. The Bertz CT molecular complexity index is 939. The van der Waals surface area contributed by atoms with Crippen LogP contribution >= 0.6 is 0 Å². The second-order valence-corrected chi connectivity index (χ2v) is 13.8. The number of amides is 3. The number of carboxylic acid groups (broad SMARTS) is 1. The lowest BCUT2D eigenvalue weighted by Crippen LogP contribution is -2.31. The van der Waals surface area contributed by atoms with E-state index in [0.717, 1.165) is 51.5 Å². The van der Waals surface area contributed by atoms with Gasteiger partial charge in [0.1, 0.15) is 19.0 Å². The molecular formula is C40H77N5O9. The quantitative estimate of drug-likeness (QED) is 0.0302. The first-order valence-corrected chi connectivity index (χ1v) is 21.0. The number of aliphatic carboxylic acids is 1. The Morgan fingerprint density at radius 2 is 0.889 bits per heavy atom. The molecule has 0 bridgehead atoms. The summed E-state index contributed by atoms with van der Waals surface area (Å²) in [5.74, 6) is -0.453. The predicted octanol–water partition coefficient (Wildman–Crippen LogP) is 5.45. The van der Waals surface area contributed by atoms with Crippen LogP contribution in [0.1, 0.15) is 148 Å². The molecule has 3 amide bonds. The minimum Gasteiger partial charge on any atom is -0.481 e. The van der Waals surface area contributed by atoms with Gasteiger partial charge in [-0.15, -0.1) is 0 Å². The van der Waals surface area contributed by atoms with E-state index in [1.165, 1.54) is 70.6 Å². The Kier molecular flexibility index (Phi) is 39.2. The summed E-state index contributed by atoms with van der Waals surface area (Å²) in [6, 6.07) is 0. The Morgan fingerprint density at radius 3 is 1.39 bits per heavy atom. The molecule has 0 saturated heterocycles.